The van der Waals surface area contributed by atoms with Crippen LogP contribution in [0.3, 0.4) is 0 Å². The van der Waals surface area contributed by atoms with Gasteiger partial charge in [-0.3, -0.25) is 0 Å². The molecule has 0 fully saturated rings. The van der Waals surface area contributed by atoms with Gasteiger partial charge in [-0.05, 0) is 55.9 Å². The van der Waals surface area contributed by atoms with E-state index in [0.717, 1.165) is 16.5 Å². The van der Waals surface area contributed by atoms with Crippen molar-refractivity contribution in [2.24, 2.45) is 0 Å². The first kappa shape index (κ1) is 24.7. The third-order valence-corrected chi connectivity index (χ3v) is 9.13. The van der Waals surface area contributed by atoms with E-state index in [1.54, 1.807) is 0 Å². The summed E-state index contributed by atoms with van der Waals surface area (Å²) in [5.74, 6) is 0. The Balaban J connectivity index is 1.57. The van der Waals surface area contributed by atoms with Gasteiger partial charge in [0.15, 0.2) is 0 Å². The molecule has 184 valence electrons. The van der Waals surface area contributed by atoms with Crippen LogP contribution in [-0.2, 0) is 0 Å². The van der Waals surface area contributed by atoms with Gasteiger partial charge in [0.1, 0.15) is 44.8 Å². The summed E-state index contributed by atoms with van der Waals surface area (Å²) in [6, 6.07) is 35.1. The van der Waals surface area contributed by atoms with Crippen LogP contribution in [0.4, 0.5) is 0 Å². The van der Waals surface area contributed by atoms with Crippen molar-refractivity contribution in [1.82, 2.24) is 0 Å². The smallest absolute Gasteiger partial charge is 0.139 e. The highest BCUT2D eigenvalue weighted by Crippen LogP contribution is 2.45. The Morgan fingerprint density at radius 3 is 1.48 bits per heavy atom. The minimum atomic E-state index is 0.912. The molecule has 0 unspecified atom stereocenters. The highest BCUT2D eigenvalue weighted by atomic mass is 16.3. The van der Waals surface area contributed by atoms with Gasteiger partial charge in [-0.2, -0.15) is 0 Å². The third-order valence-electron chi connectivity index (χ3n) is 9.13. The zero-order chi connectivity index (χ0) is 27.5. The van der Waals surface area contributed by atoms with Gasteiger partial charge in [0, 0.05) is 16.5 Å². The Kier molecular flexibility index (Phi) is 5.82. The van der Waals surface area contributed by atoms with Crippen LogP contribution >= 0.6 is 0 Å². The average molecular weight is 506 g/mol. The van der Waals surface area contributed by atoms with E-state index < -0.39 is 0 Å². The molecule has 6 aromatic carbocycles. The zero-order valence-electron chi connectivity index (χ0n) is 23.7. The van der Waals surface area contributed by atoms with E-state index in [1.165, 1.54) is 76.7 Å². The minimum absolute atomic E-state index is 0.912. The first-order chi connectivity index (χ1) is 19.5. The molecule has 1 nitrogen and oxygen atoms in total. The zero-order valence-corrected chi connectivity index (χ0v) is 23.7. The maximum atomic E-state index is 6.23. The number of furan rings is 1. The van der Waals surface area contributed by atoms with E-state index in [1.807, 2.05) is 6.26 Å². The molecule has 7 rings (SSSR count). The number of hydrogen-bond acceptors (Lipinski definition) is 1. The van der Waals surface area contributed by atoms with Crippen LogP contribution in [0.25, 0.3) is 65.9 Å². The van der Waals surface area contributed by atoms with Crippen LogP contribution in [0.1, 0.15) is 0 Å². The fourth-order valence-corrected chi connectivity index (χ4v) is 6.65. The normalized spacial score (nSPS) is 11.5. The molecule has 0 amide bonds. The molecule has 0 atom stereocenters. The van der Waals surface area contributed by atoms with Gasteiger partial charge in [0.05, 0.1) is 6.26 Å². The van der Waals surface area contributed by atoms with Crippen LogP contribution < -0.4 is 27.3 Å². The highest BCUT2D eigenvalue weighted by molar-refractivity contribution is 6.68. The van der Waals surface area contributed by atoms with Crippen molar-refractivity contribution < 1.29 is 4.42 Å². The van der Waals surface area contributed by atoms with E-state index in [9.17, 15) is 0 Å². The number of benzene rings is 6. The standard InChI is InChI=1S/C34H27B5O/c35-30-28(31(36)33(38)34(39)32(30)37)19-14-15-26-24(16-19)25(17-40-26)29-22-12-6-4-10-20(22)27(18-8-2-1-3-9-18)21-11-5-7-13-23(21)29/h1-17H,35-39H2. The lowest BCUT2D eigenvalue weighted by Crippen LogP contribution is -2.55. The lowest BCUT2D eigenvalue weighted by Gasteiger charge is -2.20. The molecular weight excluding hydrogens is 478 g/mol. The Hall–Kier alpha value is -4.30. The second-order valence-corrected chi connectivity index (χ2v) is 11.1. The summed E-state index contributed by atoms with van der Waals surface area (Å²) in [5.41, 5.74) is 15.2. The van der Waals surface area contributed by atoms with Gasteiger partial charge >= 0.3 is 0 Å². The molecule has 0 aliphatic carbocycles. The Morgan fingerprint density at radius 2 is 0.900 bits per heavy atom. The lowest BCUT2D eigenvalue weighted by molar-refractivity contribution is 0.617. The maximum absolute atomic E-state index is 6.23. The van der Waals surface area contributed by atoms with Crippen molar-refractivity contribution in [3.05, 3.63) is 103 Å². The fourth-order valence-electron chi connectivity index (χ4n) is 6.65. The molecule has 6 heteroatoms. The molecule has 7 aromatic rings. The van der Waals surface area contributed by atoms with Crippen molar-refractivity contribution >= 4 is 99.1 Å². The molecule has 0 saturated heterocycles. The number of hydrogen-bond donors (Lipinski definition) is 0. The minimum Gasteiger partial charge on any atom is -0.464 e. The molecule has 0 radical (unpaired) electrons. The summed E-state index contributed by atoms with van der Waals surface area (Å²) in [6.07, 6.45) is 1.95. The SMILES string of the molecule is Bc1c(B)c(B)c(-c2ccc3occ(-c4c5ccccc5c(-c5ccccc5)c5ccccc45)c3c2)c(B)c1B. The molecule has 0 aliphatic heterocycles. The highest BCUT2D eigenvalue weighted by Gasteiger charge is 2.20. The fraction of sp³-hybridized carbons (Fsp3) is 0. The predicted octanol–water partition coefficient (Wildman–Crippen LogP) is 1.03. The monoisotopic (exact) mass is 506 g/mol. The number of rotatable bonds is 3. The molecule has 0 N–H and O–H groups in total. The molecule has 40 heavy (non-hydrogen) atoms. The van der Waals surface area contributed by atoms with Crippen LogP contribution in [0.5, 0.6) is 0 Å². The summed E-state index contributed by atoms with van der Waals surface area (Å²) in [5, 5.41) is 6.13. The van der Waals surface area contributed by atoms with Crippen molar-refractivity contribution in [2.45, 2.75) is 0 Å². The van der Waals surface area contributed by atoms with E-state index in [-0.39, 0.29) is 0 Å². The third kappa shape index (κ3) is 3.63. The van der Waals surface area contributed by atoms with E-state index in [0.29, 0.717) is 0 Å². The molecule has 1 aromatic heterocycles. The van der Waals surface area contributed by atoms with E-state index in [2.05, 4.69) is 136 Å². The summed E-state index contributed by atoms with van der Waals surface area (Å²) in [7, 11) is 11.2. The average Bonchev–Trinajstić information content (AvgIpc) is 3.41. The lowest BCUT2D eigenvalue weighted by atomic mass is 9.59. The Bertz CT molecular complexity index is 2030. The van der Waals surface area contributed by atoms with E-state index >= 15 is 0 Å². The van der Waals surface area contributed by atoms with Crippen molar-refractivity contribution in [3.8, 4) is 33.4 Å². The Labute approximate surface area is 239 Å². The number of fused-ring (bicyclic) bond motifs is 3. The van der Waals surface area contributed by atoms with Gasteiger partial charge in [-0.15, -0.1) is 16.4 Å². The predicted molar refractivity (Wildman–Crippen MR) is 188 cm³/mol. The van der Waals surface area contributed by atoms with Crippen LogP contribution in [0.2, 0.25) is 0 Å². The summed E-state index contributed by atoms with van der Waals surface area (Å²) in [6.45, 7) is 0. The first-order valence-electron chi connectivity index (χ1n) is 14.0. The summed E-state index contributed by atoms with van der Waals surface area (Å²) >= 11 is 0. The maximum Gasteiger partial charge on any atom is 0.139 e. The summed E-state index contributed by atoms with van der Waals surface area (Å²) < 4.78 is 6.23. The van der Waals surface area contributed by atoms with Gasteiger partial charge in [0.25, 0.3) is 0 Å². The van der Waals surface area contributed by atoms with Gasteiger partial charge in [-0.25, -0.2) is 0 Å². The van der Waals surface area contributed by atoms with Gasteiger partial charge in [0.2, 0.25) is 0 Å². The molecule has 1 heterocycles. The Morgan fingerprint density at radius 1 is 0.400 bits per heavy atom. The first-order valence-corrected chi connectivity index (χ1v) is 14.0. The van der Waals surface area contributed by atoms with Crippen molar-refractivity contribution in [1.29, 1.82) is 0 Å². The van der Waals surface area contributed by atoms with Crippen molar-refractivity contribution in [2.75, 3.05) is 0 Å². The second-order valence-electron chi connectivity index (χ2n) is 11.1. The quantitative estimate of drug-likeness (QED) is 0.258. The van der Waals surface area contributed by atoms with E-state index in [4.69, 9.17) is 4.42 Å². The van der Waals surface area contributed by atoms with Crippen molar-refractivity contribution in [3.63, 3.8) is 0 Å². The van der Waals surface area contributed by atoms with Crippen LogP contribution in [0.15, 0.2) is 108 Å². The van der Waals surface area contributed by atoms with Crippen LogP contribution in [-0.4, -0.2) is 39.2 Å². The second kappa shape index (κ2) is 9.42. The van der Waals surface area contributed by atoms with Crippen LogP contribution in [0, 0.1) is 0 Å². The largest absolute Gasteiger partial charge is 0.464 e. The molecule has 0 bridgehead atoms. The van der Waals surface area contributed by atoms with Gasteiger partial charge < -0.3 is 4.42 Å². The summed E-state index contributed by atoms with van der Waals surface area (Å²) in [4.78, 5) is 0. The topological polar surface area (TPSA) is 13.1 Å². The molecule has 0 saturated carbocycles. The molecule has 0 spiro atoms. The van der Waals surface area contributed by atoms with Gasteiger partial charge in [-0.1, -0.05) is 95.9 Å². The molecular formula is C34H27B5O. The molecule has 0 aliphatic rings.